The summed E-state index contributed by atoms with van der Waals surface area (Å²) < 4.78 is 36.2. The van der Waals surface area contributed by atoms with Crippen LogP contribution in [0.3, 0.4) is 0 Å². The molecular formula is C22H30O6. The first-order chi connectivity index (χ1) is 13.3. The number of ether oxygens (including phenoxy) is 6. The van der Waals surface area contributed by atoms with E-state index in [1.165, 1.54) is 5.56 Å². The van der Waals surface area contributed by atoms with Crippen molar-refractivity contribution in [1.82, 2.24) is 0 Å². The molecule has 4 atom stereocenters. The van der Waals surface area contributed by atoms with E-state index < -0.39 is 17.4 Å². The molecule has 0 unspecified atom stereocenters. The van der Waals surface area contributed by atoms with E-state index in [1.807, 2.05) is 58.0 Å². The van der Waals surface area contributed by atoms with Crippen LogP contribution in [0.4, 0.5) is 0 Å². The molecule has 0 amide bonds. The van der Waals surface area contributed by atoms with Crippen molar-refractivity contribution in [3.63, 3.8) is 0 Å². The third-order valence-corrected chi connectivity index (χ3v) is 5.12. The van der Waals surface area contributed by atoms with Crippen LogP contribution in [-0.4, -0.2) is 48.9 Å². The lowest BCUT2D eigenvalue weighted by molar-refractivity contribution is -0.323. The average Bonchev–Trinajstić information content (AvgIpc) is 3.05. The molecule has 28 heavy (non-hydrogen) atoms. The predicted molar refractivity (Wildman–Crippen MR) is 102 cm³/mol. The van der Waals surface area contributed by atoms with E-state index in [2.05, 4.69) is 12.1 Å². The summed E-state index contributed by atoms with van der Waals surface area (Å²) in [4.78, 5) is 0. The van der Waals surface area contributed by atoms with Crippen LogP contribution in [0.2, 0.25) is 0 Å². The topological polar surface area (TPSA) is 55.4 Å². The molecule has 0 aliphatic carbocycles. The van der Waals surface area contributed by atoms with Gasteiger partial charge in [0.15, 0.2) is 11.6 Å². The van der Waals surface area contributed by atoms with Crippen LogP contribution < -0.4 is 0 Å². The van der Waals surface area contributed by atoms with Crippen LogP contribution in [0.25, 0.3) is 0 Å². The maximum absolute atomic E-state index is 6.26. The number of fused-ring (bicyclic) bond motifs is 3. The van der Waals surface area contributed by atoms with Gasteiger partial charge in [-0.15, -0.1) is 0 Å². The Kier molecular flexibility index (Phi) is 5.37. The highest BCUT2D eigenvalue weighted by atomic mass is 16.9. The SMILES string of the molecule is CC1(C)OC[C@@H]2O[C@@]3(/C=C\CCOCc4ccccc4)OC(C)(C)O[C@H]3[C@@H]2O1. The lowest BCUT2D eigenvalue weighted by Crippen LogP contribution is -2.51. The molecule has 1 aromatic carbocycles. The third kappa shape index (κ3) is 4.17. The van der Waals surface area contributed by atoms with Gasteiger partial charge in [0.1, 0.15) is 18.3 Å². The van der Waals surface area contributed by atoms with Crippen molar-refractivity contribution in [3.8, 4) is 0 Å². The average molecular weight is 390 g/mol. The molecule has 154 valence electrons. The zero-order chi connectivity index (χ0) is 19.8. The molecule has 3 fully saturated rings. The van der Waals surface area contributed by atoms with E-state index in [4.69, 9.17) is 28.4 Å². The first-order valence-electron chi connectivity index (χ1n) is 9.96. The standard InChI is InChI=1S/C22H30O6/c1-20(2)24-15-17-18(26-20)19-22(25-17,28-21(3,4)27-19)12-8-9-13-23-14-16-10-6-5-7-11-16/h5-8,10-12,17-19H,9,13-15H2,1-4H3/b12-8-/t17-,18+,19-,22-/m0/s1. The fourth-order valence-corrected chi connectivity index (χ4v) is 3.98. The van der Waals surface area contributed by atoms with Gasteiger partial charge in [-0.3, -0.25) is 0 Å². The summed E-state index contributed by atoms with van der Waals surface area (Å²) >= 11 is 0. The maximum atomic E-state index is 6.26. The molecule has 0 saturated carbocycles. The molecule has 3 aliphatic rings. The van der Waals surface area contributed by atoms with Crippen LogP contribution in [0.15, 0.2) is 42.5 Å². The van der Waals surface area contributed by atoms with Crippen molar-refractivity contribution in [1.29, 1.82) is 0 Å². The highest BCUT2D eigenvalue weighted by Gasteiger charge is 2.66. The second-order valence-electron chi connectivity index (χ2n) is 8.44. The Morgan fingerprint density at radius 3 is 2.61 bits per heavy atom. The quantitative estimate of drug-likeness (QED) is 0.547. The van der Waals surface area contributed by atoms with Crippen LogP contribution in [0.5, 0.6) is 0 Å². The molecule has 3 aliphatic heterocycles. The monoisotopic (exact) mass is 390 g/mol. The predicted octanol–water partition coefficient (Wildman–Crippen LogP) is 3.55. The molecule has 0 bridgehead atoms. The normalized spacial score (nSPS) is 35.8. The second kappa shape index (κ2) is 7.52. The Labute approximate surface area is 166 Å². The summed E-state index contributed by atoms with van der Waals surface area (Å²) in [7, 11) is 0. The molecule has 1 aromatic rings. The highest BCUT2D eigenvalue weighted by Crippen LogP contribution is 2.49. The number of rotatable bonds is 6. The van der Waals surface area contributed by atoms with Gasteiger partial charge in [0.05, 0.1) is 19.8 Å². The second-order valence-corrected chi connectivity index (χ2v) is 8.44. The zero-order valence-corrected chi connectivity index (χ0v) is 17.1. The lowest BCUT2D eigenvalue weighted by atomic mass is 10.0. The Morgan fingerprint density at radius 2 is 1.82 bits per heavy atom. The first kappa shape index (κ1) is 20.0. The Hall–Kier alpha value is -1.28. The first-order valence-corrected chi connectivity index (χ1v) is 9.96. The number of hydrogen-bond donors (Lipinski definition) is 0. The lowest BCUT2D eigenvalue weighted by Gasteiger charge is -2.38. The van der Waals surface area contributed by atoms with Gasteiger partial charge in [0.25, 0.3) is 0 Å². The van der Waals surface area contributed by atoms with Crippen LogP contribution in [-0.2, 0) is 35.0 Å². The van der Waals surface area contributed by atoms with Gasteiger partial charge >= 0.3 is 0 Å². The Morgan fingerprint density at radius 1 is 1.04 bits per heavy atom. The molecule has 3 heterocycles. The van der Waals surface area contributed by atoms with Crippen LogP contribution >= 0.6 is 0 Å². The van der Waals surface area contributed by atoms with E-state index in [1.54, 1.807) is 0 Å². The Bertz CT molecular complexity index is 700. The van der Waals surface area contributed by atoms with Gasteiger partial charge in [0, 0.05) is 0 Å². The minimum atomic E-state index is -0.956. The highest BCUT2D eigenvalue weighted by molar-refractivity contribution is 5.15. The van der Waals surface area contributed by atoms with Crippen molar-refractivity contribution >= 4 is 0 Å². The molecule has 3 saturated heterocycles. The number of benzene rings is 1. The van der Waals surface area contributed by atoms with Gasteiger partial charge in [0.2, 0.25) is 5.79 Å². The molecular weight excluding hydrogens is 360 g/mol. The van der Waals surface area contributed by atoms with Crippen LogP contribution in [0, 0.1) is 0 Å². The van der Waals surface area contributed by atoms with E-state index in [-0.39, 0.29) is 18.3 Å². The minimum Gasteiger partial charge on any atom is -0.376 e. The van der Waals surface area contributed by atoms with E-state index in [9.17, 15) is 0 Å². The van der Waals surface area contributed by atoms with Crippen molar-refractivity contribution in [2.24, 2.45) is 0 Å². The van der Waals surface area contributed by atoms with Crippen molar-refractivity contribution in [3.05, 3.63) is 48.0 Å². The molecule has 6 nitrogen and oxygen atoms in total. The molecule has 0 N–H and O–H groups in total. The van der Waals surface area contributed by atoms with Gasteiger partial charge in [-0.05, 0) is 45.8 Å². The minimum absolute atomic E-state index is 0.215. The van der Waals surface area contributed by atoms with Gasteiger partial charge < -0.3 is 28.4 Å². The Balaban J connectivity index is 1.37. The largest absolute Gasteiger partial charge is 0.376 e. The van der Waals surface area contributed by atoms with Crippen molar-refractivity contribution in [2.75, 3.05) is 13.2 Å². The zero-order valence-electron chi connectivity index (χ0n) is 17.1. The summed E-state index contributed by atoms with van der Waals surface area (Å²) in [6, 6.07) is 10.1. The third-order valence-electron chi connectivity index (χ3n) is 5.12. The van der Waals surface area contributed by atoms with E-state index >= 15 is 0 Å². The maximum Gasteiger partial charge on any atom is 0.220 e. The molecule has 0 spiro atoms. The molecule has 0 radical (unpaired) electrons. The fraction of sp³-hybridized carbons (Fsp3) is 0.636. The number of hydrogen-bond acceptors (Lipinski definition) is 6. The molecule has 4 rings (SSSR count). The summed E-state index contributed by atoms with van der Waals surface area (Å²) in [5.74, 6) is -2.36. The molecule has 6 heteroatoms. The summed E-state index contributed by atoms with van der Waals surface area (Å²) in [5, 5.41) is 0. The molecule has 0 aromatic heterocycles. The summed E-state index contributed by atoms with van der Waals surface area (Å²) in [6.45, 7) is 9.29. The smallest absolute Gasteiger partial charge is 0.220 e. The summed E-state index contributed by atoms with van der Waals surface area (Å²) in [5.41, 5.74) is 1.17. The van der Waals surface area contributed by atoms with Crippen molar-refractivity contribution in [2.45, 2.75) is 76.4 Å². The van der Waals surface area contributed by atoms with Gasteiger partial charge in [-0.2, -0.15) is 0 Å². The summed E-state index contributed by atoms with van der Waals surface area (Å²) in [6.07, 6.45) is 3.96. The van der Waals surface area contributed by atoms with E-state index in [0.29, 0.717) is 19.8 Å². The van der Waals surface area contributed by atoms with Crippen molar-refractivity contribution < 1.29 is 28.4 Å². The van der Waals surface area contributed by atoms with Crippen LogP contribution in [0.1, 0.15) is 39.7 Å². The van der Waals surface area contributed by atoms with Gasteiger partial charge in [-0.25, -0.2) is 0 Å². The van der Waals surface area contributed by atoms with E-state index in [0.717, 1.165) is 6.42 Å². The fourth-order valence-electron chi connectivity index (χ4n) is 3.98. The van der Waals surface area contributed by atoms with Gasteiger partial charge in [-0.1, -0.05) is 36.4 Å².